The zero-order valence-electron chi connectivity index (χ0n) is 61.7. The number of unbranched alkanes of at least 4 members (excludes halogenated alkanes) is 11. The van der Waals surface area contributed by atoms with Crippen LogP contribution in [0.3, 0.4) is 0 Å². The van der Waals surface area contributed by atoms with Gasteiger partial charge in [0.25, 0.3) is 0 Å². The maximum absolute atomic E-state index is 13.0. The van der Waals surface area contributed by atoms with Crippen LogP contribution in [0.1, 0.15) is 239 Å². The van der Waals surface area contributed by atoms with Gasteiger partial charge in [-0.15, -0.1) is 0 Å². The molecule has 0 radical (unpaired) electrons. The highest BCUT2D eigenvalue weighted by atomic mass is 31.2. The van der Waals surface area contributed by atoms with Gasteiger partial charge in [0.1, 0.15) is 25.4 Å². The molecule has 0 fully saturated rings. The zero-order chi connectivity index (χ0) is 73.7. The summed E-state index contributed by atoms with van der Waals surface area (Å²) < 4.78 is 61.0. The first-order valence-electron chi connectivity index (χ1n) is 37.4. The minimum absolute atomic E-state index is 0.0293. The molecule has 5 atom stereocenters. The Labute approximate surface area is 609 Å². The number of phosphoric ester groups is 2. The Balaban J connectivity index is 4.83. The van der Waals surface area contributed by atoms with Crippen molar-refractivity contribution in [3.63, 3.8) is 0 Å². The zero-order valence-corrected chi connectivity index (χ0v) is 63.5. The molecule has 18 heteroatoms. The number of carbonyl (C=O) groups is 3. The van der Waals surface area contributed by atoms with Crippen molar-refractivity contribution in [3.8, 4) is 0 Å². The van der Waals surface area contributed by atoms with E-state index in [0.717, 1.165) is 173 Å². The number of aliphatic hydroxyl groups is 2. The highest BCUT2D eigenvalue weighted by Crippen LogP contribution is 2.45. The first-order valence-corrected chi connectivity index (χ1v) is 40.4. The second-order valence-electron chi connectivity index (χ2n) is 23.9. The number of rotatable bonds is 68. The Hall–Kier alpha value is -5.87. The van der Waals surface area contributed by atoms with Crippen LogP contribution in [0.5, 0.6) is 0 Å². The van der Waals surface area contributed by atoms with Crippen molar-refractivity contribution >= 4 is 33.6 Å². The molecule has 0 amide bonds. The van der Waals surface area contributed by atoms with E-state index in [1.165, 1.54) is 0 Å². The number of allylic oxidation sites excluding steroid dienone is 34. The van der Waals surface area contributed by atoms with Gasteiger partial charge < -0.3 is 34.2 Å². The molecule has 568 valence electrons. The second kappa shape index (κ2) is 73.9. The highest BCUT2D eigenvalue weighted by molar-refractivity contribution is 7.47. The predicted octanol–water partition coefficient (Wildman–Crippen LogP) is 21.8. The lowest BCUT2D eigenvalue weighted by molar-refractivity contribution is -0.161. The molecule has 101 heavy (non-hydrogen) atoms. The predicted molar refractivity (Wildman–Crippen MR) is 417 cm³/mol. The first kappa shape index (κ1) is 95.1. The van der Waals surface area contributed by atoms with E-state index in [2.05, 4.69) is 227 Å². The Morgan fingerprint density at radius 2 is 0.495 bits per heavy atom. The van der Waals surface area contributed by atoms with Crippen LogP contribution in [0.4, 0.5) is 0 Å². The topological polar surface area (TPSA) is 231 Å². The SMILES string of the molecule is CC/C=C\C/C=C\C/C=C\C/C=C\C/C=C\C/C=C\CCCCC(=O)OCC(COP(=O)(O)OCC(O)COP(=O)(O)OCC(O)COC(=O)CCCCCCCCC/C=C\C/C=C\C/C=C\C/C=C\C/C=C\CC)OC(=O)CCCC/C=C\C/C=C\C/C=C\C/C=C\C/C=C\C/C=C\CC. The third kappa shape index (κ3) is 75.1. The summed E-state index contributed by atoms with van der Waals surface area (Å²) >= 11 is 0. The lowest BCUT2D eigenvalue weighted by Crippen LogP contribution is -2.30. The number of ether oxygens (including phenoxy) is 3. The van der Waals surface area contributed by atoms with Crippen molar-refractivity contribution in [2.75, 3.05) is 39.6 Å². The van der Waals surface area contributed by atoms with Gasteiger partial charge in [0.05, 0.1) is 26.4 Å². The van der Waals surface area contributed by atoms with Gasteiger partial charge in [-0.25, -0.2) is 9.13 Å². The maximum Gasteiger partial charge on any atom is 0.472 e. The number of hydrogen-bond acceptors (Lipinski definition) is 14. The van der Waals surface area contributed by atoms with Gasteiger partial charge in [0.2, 0.25) is 0 Å². The lowest BCUT2D eigenvalue weighted by Gasteiger charge is -2.21. The van der Waals surface area contributed by atoms with E-state index in [1.807, 2.05) is 0 Å². The summed E-state index contributed by atoms with van der Waals surface area (Å²) in [4.78, 5) is 58.6. The maximum atomic E-state index is 13.0. The van der Waals surface area contributed by atoms with E-state index >= 15 is 0 Å². The Morgan fingerprint density at radius 3 is 0.802 bits per heavy atom. The highest BCUT2D eigenvalue weighted by Gasteiger charge is 2.29. The average molecular weight is 1450 g/mol. The standard InChI is InChI=1S/C83H130O16P2/c1-4-7-10-13-16-19-22-25-28-31-34-37-38-41-43-45-48-51-54-57-60-63-66-69-81(86)93-72-78(84)73-95-100(89,90)96-74-79(85)75-97-101(91,92)98-77-80(99-83(88)71-68-65-62-59-56-53-50-47-44-40-36-33-30-27-24-21-18-15-12-9-6-3)76-94-82(87)70-67-64-61-58-55-52-49-46-42-39-35-32-29-26-23-20-17-14-11-8-5-2/h7-12,16-21,25-30,34-37,39-41,43,46-47,49-50,55-56,58-59,78-80,84-85H,4-6,13-15,22-24,31-33,38,42,44-45,48,51-54,57,60-77H2,1-3H3,(H,89,90)(H,91,92)/b10-7-,11-8-,12-9-,19-16-,20-17-,21-18-,28-25-,29-26-,30-27-,37-34-,39-35-,40-36-,43-41-,49-46-,50-47-,58-55-,59-56-. The molecule has 0 aromatic heterocycles. The fraction of sp³-hybridized carbons (Fsp3) is 0.554. The summed E-state index contributed by atoms with van der Waals surface area (Å²) in [7, 11) is -9.84. The van der Waals surface area contributed by atoms with Gasteiger partial charge in [0.15, 0.2) is 6.10 Å². The molecular weight excluding hydrogens is 1310 g/mol. The van der Waals surface area contributed by atoms with Gasteiger partial charge in [-0.1, -0.05) is 259 Å². The van der Waals surface area contributed by atoms with Gasteiger partial charge in [-0.05, 0) is 167 Å². The van der Waals surface area contributed by atoms with E-state index < -0.39 is 91.5 Å². The third-order valence-corrected chi connectivity index (χ3v) is 16.4. The number of carbonyl (C=O) groups excluding carboxylic acids is 3. The number of phosphoric acid groups is 2. The molecule has 0 aliphatic carbocycles. The molecule has 16 nitrogen and oxygen atoms in total. The molecule has 0 aromatic carbocycles. The fourth-order valence-corrected chi connectivity index (χ4v) is 10.5. The van der Waals surface area contributed by atoms with Gasteiger partial charge in [-0.2, -0.15) is 0 Å². The van der Waals surface area contributed by atoms with Crippen molar-refractivity contribution in [2.45, 2.75) is 257 Å². The van der Waals surface area contributed by atoms with Crippen LogP contribution in [-0.4, -0.2) is 95.9 Å². The molecule has 4 N–H and O–H groups in total. The summed E-state index contributed by atoms with van der Waals surface area (Å²) in [5, 5.41) is 20.6. The van der Waals surface area contributed by atoms with Gasteiger partial charge in [0, 0.05) is 19.3 Å². The molecule has 5 unspecified atom stereocenters. The third-order valence-electron chi connectivity index (χ3n) is 14.5. The summed E-state index contributed by atoms with van der Waals surface area (Å²) in [6, 6.07) is 0. The molecule has 0 rings (SSSR count). The average Bonchev–Trinajstić information content (AvgIpc) is 0.972. The van der Waals surface area contributed by atoms with Crippen LogP contribution in [-0.2, 0) is 55.8 Å². The number of hydrogen-bond donors (Lipinski definition) is 4. The Morgan fingerprint density at radius 1 is 0.277 bits per heavy atom. The smallest absolute Gasteiger partial charge is 0.463 e. The number of aliphatic hydroxyl groups excluding tert-OH is 2. The normalized spacial score (nSPS) is 15.2. The van der Waals surface area contributed by atoms with Crippen LogP contribution < -0.4 is 0 Å². The first-order chi connectivity index (χ1) is 49.2. The van der Waals surface area contributed by atoms with Crippen molar-refractivity contribution in [1.82, 2.24) is 0 Å². The van der Waals surface area contributed by atoms with Gasteiger partial charge in [-0.3, -0.25) is 32.5 Å². The number of esters is 3. The molecule has 0 bridgehead atoms. The van der Waals surface area contributed by atoms with Crippen LogP contribution >= 0.6 is 15.6 Å². The molecule has 0 aliphatic heterocycles. The van der Waals surface area contributed by atoms with E-state index in [1.54, 1.807) is 0 Å². The molecule has 0 aromatic rings. The quantitative estimate of drug-likeness (QED) is 0.0146. The van der Waals surface area contributed by atoms with Crippen molar-refractivity contribution < 1.29 is 75.8 Å². The fourth-order valence-electron chi connectivity index (χ4n) is 8.90. The van der Waals surface area contributed by atoms with E-state index in [0.29, 0.717) is 25.7 Å². The summed E-state index contributed by atoms with van der Waals surface area (Å²) in [5.74, 6) is -1.71. The lowest BCUT2D eigenvalue weighted by atomic mass is 10.1. The van der Waals surface area contributed by atoms with E-state index in [9.17, 15) is 43.5 Å². The summed E-state index contributed by atoms with van der Waals surface area (Å²) in [6.45, 7) is 2.17. The van der Waals surface area contributed by atoms with Crippen LogP contribution in [0.2, 0.25) is 0 Å². The monoisotopic (exact) mass is 1440 g/mol. The van der Waals surface area contributed by atoms with E-state index in [4.69, 9.17) is 32.3 Å². The Kier molecular flexibility index (Phi) is 69.6. The van der Waals surface area contributed by atoms with Crippen LogP contribution in [0, 0.1) is 0 Å². The molecular formula is C83H130O16P2. The van der Waals surface area contributed by atoms with Gasteiger partial charge >= 0.3 is 33.6 Å². The second-order valence-corrected chi connectivity index (χ2v) is 26.9. The molecule has 0 spiro atoms. The largest absolute Gasteiger partial charge is 0.472 e. The van der Waals surface area contributed by atoms with Crippen LogP contribution in [0.25, 0.3) is 0 Å². The minimum Gasteiger partial charge on any atom is -0.463 e. The van der Waals surface area contributed by atoms with Crippen molar-refractivity contribution in [3.05, 3.63) is 207 Å². The molecule has 0 saturated heterocycles. The Bertz CT molecular complexity index is 2660. The van der Waals surface area contributed by atoms with Crippen LogP contribution in [0.15, 0.2) is 207 Å². The molecule has 0 heterocycles. The molecule has 0 aliphatic rings. The van der Waals surface area contributed by atoms with E-state index in [-0.39, 0.29) is 19.3 Å². The summed E-state index contributed by atoms with van der Waals surface area (Å²) in [6.07, 6.45) is 97.3. The molecule has 0 saturated carbocycles. The summed E-state index contributed by atoms with van der Waals surface area (Å²) in [5.41, 5.74) is 0. The minimum atomic E-state index is -4.97. The van der Waals surface area contributed by atoms with Crippen molar-refractivity contribution in [2.24, 2.45) is 0 Å². The van der Waals surface area contributed by atoms with Crippen molar-refractivity contribution in [1.29, 1.82) is 0 Å².